The molecule has 2 amide bonds. The number of anilines is 2. The normalized spacial score (nSPS) is 11.7. The van der Waals surface area contributed by atoms with Gasteiger partial charge in [0, 0.05) is 23.9 Å². The van der Waals surface area contributed by atoms with Gasteiger partial charge in [0.25, 0.3) is 5.22 Å². The van der Waals surface area contributed by atoms with E-state index in [4.69, 9.17) is 4.42 Å². The van der Waals surface area contributed by atoms with Crippen molar-refractivity contribution < 1.29 is 14.0 Å². The van der Waals surface area contributed by atoms with Crippen molar-refractivity contribution in [1.29, 1.82) is 0 Å². The minimum Gasteiger partial charge on any atom is -0.411 e. The molecular formula is C20H20N4O3S. The lowest BCUT2D eigenvalue weighted by molar-refractivity contribution is -0.115. The molecule has 8 heteroatoms. The van der Waals surface area contributed by atoms with E-state index in [1.165, 1.54) is 18.7 Å². The number of hydrogen-bond acceptors (Lipinski definition) is 6. The zero-order chi connectivity index (χ0) is 20.1. The van der Waals surface area contributed by atoms with Crippen LogP contribution in [-0.4, -0.2) is 27.3 Å². The molecule has 144 valence electrons. The van der Waals surface area contributed by atoms with Crippen LogP contribution >= 0.6 is 11.8 Å². The van der Waals surface area contributed by atoms with Crippen molar-refractivity contribution in [1.82, 2.24) is 10.2 Å². The lowest BCUT2D eigenvalue weighted by Crippen LogP contribution is -2.22. The molecule has 7 nitrogen and oxygen atoms in total. The van der Waals surface area contributed by atoms with Crippen LogP contribution in [0.15, 0.2) is 58.2 Å². The topological polar surface area (TPSA) is 97.1 Å². The molecule has 1 atom stereocenters. The van der Waals surface area contributed by atoms with Gasteiger partial charge in [-0.25, -0.2) is 0 Å². The molecule has 0 radical (unpaired) electrons. The Morgan fingerprint density at radius 2 is 1.57 bits per heavy atom. The van der Waals surface area contributed by atoms with Crippen LogP contribution in [0.25, 0.3) is 11.5 Å². The monoisotopic (exact) mass is 396 g/mol. The van der Waals surface area contributed by atoms with Gasteiger partial charge in [0.05, 0.1) is 5.25 Å². The van der Waals surface area contributed by atoms with Crippen LogP contribution in [0.3, 0.4) is 0 Å². The minimum atomic E-state index is -0.429. The summed E-state index contributed by atoms with van der Waals surface area (Å²) in [7, 11) is 0. The van der Waals surface area contributed by atoms with Crippen LogP contribution in [0.1, 0.15) is 19.4 Å². The van der Waals surface area contributed by atoms with Crippen molar-refractivity contribution in [3.8, 4) is 11.5 Å². The maximum Gasteiger partial charge on any atom is 0.277 e. The van der Waals surface area contributed by atoms with Crippen LogP contribution < -0.4 is 10.6 Å². The van der Waals surface area contributed by atoms with E-state index >= 15 is 0 Å². The number of benzene rings is 2. The molecule has 2 N–H and O–H groups in total. The Labute approximate surface area is 166 Å². The third kappa shape index (κ3) is 5.20. The molecule has 28 heavy (non-hydrogen) atoms. The van der Waals surface area contributed by atoms with Crippen molar-refractivity contribution in [3.05, 3.63) is 54.1 Å². The second-order valence-electron chi connectivity index (χ2n) is 6.25. The first-order chi connectivity index (χ1) is 13.4. The maximum atomic E-state index is 12.4. The first-order valence-corrected chi connectivity index (χ1v) is 9.54. The molecule has 0 aliphatic rings. The van der Waals surface area contributed by atoms with Gasteiger partial charge in [0.15, 0.2) is 0 Å². The highest BCUT2D eigenvalue weighted by Crippen LogP contribution is 2.27. The lowest BCUT2D eigenvalue weighted by atomic mass is 10.1. The summed E-state index contributed by atoms with van der Waals surface area (Å²) in [5.41, 5.74) is 3.29. The Morgan fingerprint density at radius 1 is 0.964 bits per heavy atom. The van der Waals surface area contributed by atoms with E-state index in [0.29, 0.717) is 22.5 Å². The van der Waals surface area contributed by atoms with Crippen molar-refractivity contribution in [3.63, 3.8) is 0 Å². The summed E-state index contributed by atoms with van der Waals surface area (Å²) in [4.78, 5) is 23.4. The maximum absolute atomic E-state index is 12.4. The molecule has 0 fully saturated rings. The predicted molar refractivity (Wildman–Crippen MR) is 109 cm³/mol. The number of aromatic nitrogens is 2. The first kappa shape index (κ1) is 19.6. The van der Waals surface area contributed by atoms with Gasteiger partial charge in [-0.1, -0.05) is 29.5 Å². The van der Waals surface area contributed by atoms with E-state index < -0.39 is 5.25 Å². The van der Waals surface area contributed by atoms with Crippen LogP contribution in [0.2, 0.25) is 0 Å². The number of nitrogens with zero attached hydrogens (tertiary/aromatic N) is 2. The second kappa shape index (κ2) is 8.71. The zero-order valence-corrected chi connectivity index (χ0v) is 16.5. The number of rotatable bonds is 6. The number of hydrogen-bond donors (Lipinski definition) is 2. The van der Waals surface area contributed by atoms with Gasteiger partial charge < -0.3 is 15.1 Å². The molecular weight excluding hydrogens is 376 g/mol. The molecule has 0 saturated carbocycles. The van der Waals surface area contributed by atoms with Gasteiger partial charge in [-0.2, -0.15) is 0 Å². The molecule has 3 aromatic rings. The van der Waals surface area contributed by atoms with Crippen LogP contribution in [0.4, 0.5) is 11.4 Å². The molecule has 0 bridgehead atoms. The molecule has 0 aliphatic heterocycles. The Kier molecular flexibility index (Phi) is 6.10. The fourth-order valence-corrected chi connectivity index (χ4v) is 3.04. The molecule has 1 aromatic heterocycles. The molecule has 1 unspecified atom stereocenters. The van der Waals surface area contributed by atoms with E-state index in [1.807, 2.05) is 31.2 Å². The number of amides is 2. The number of carbonyl (C=O) groups excluding carboxylic acids is 2. The summed E-state index contributed by atoms with van der Waals surface area (Å²) in [6.45, 7) is 5.21. The van der Waals surface area contributed by atoms with E-state index in [-0.39, 0.29) is 11.8 Å². The highest BCUT2D eigenvalue weighted by Gasteiger charge is 2.19. The number of aryl methyl sites for hydroxylation is 1. The number of carbonyl (C=O) groups is 2. The molecule has 0 aliphatic carbocycles. The predicted octanol–water partition coefficient (Wildman–Crippen LogP) is 4.12. The van der Waals surface area contributed by atoms with Gasteiger partial charge in [-0.3, -0.25) is 9.59 Å². The van der Waals surface area contributed by atoms with Crippen molar-refractivity contribution in [2.24, 2.45) is 0 Å². The van der Waals surface area contributed by atoms with E-state index in [0.717, 1.165) is 11.1 Å². The molecule has 0 spiro atoms. The summed E-state index contributed by atoms with van der Waals surface area (Å²) in [5.74, 6) is 0.0856. The Balaban J connectivity index is 1.58. The highest BCUT2D eigenvalue weighted by atomic mass is 32.2. The Hall–Kier alpha value is -3.13. The summed E-state index contributed by atoms with van der Waals surface area (Å²) in [6, 6.07) is 14.7. The van der Waals surface area contributed by atoms with E-state index in [2.05, 4.69) is 20.8 Å². The average Bonchev–Trinajstić information content (AvgIpc) is 3.12. The van der Waals surface area contributed by atoms with Gasteiger partial charge in [-0.15, -0.1) is 10.2 Å². The fraction of sp³-hybridized carbons (Fsp3) is 0.200. The van der Waals surface area contributed by atoms with Gasteiger partial charge >= 0.3 is 0 Å². The van der Waals surface area contributed by atoms with E-state index in [9.17, 15) is 9.59 Å². The van der Waals surface area contributed by atoms with Crippen LogP contribution in [0.5, 0.6) is 0 Å². The van der Waals surface area contributed by atoms with Crippen LogP contribution in [-0.2, 0) is 9.59 Å². The molecule has 1 heterocycles. The largest absolute Gasteiger partial charge is 0.411 e. The lowest BCUT2D eigenvalue weighted by Gasteiger charge is -2.10. The second-order valence-corrected chi connectivity index (χ2v) is 7.54. The highest BCUT2D eigenvalue weighted by molar-refractivity contribution is 8.00. The minimum absolute atomic E-state index is 0.147. The number of nitrogens with one attached hydrogen (secondary N) is 2. The van der Waals surface area contributed by atoms with Crippen LogP contribution in [0, 0.1) is 6.92 Å². The summed E-state index contributed by atoms with van der Waals surface area (Å²) < 4.78 is 5.65. The zero-order valence-electron chi connectivity index (χ0n) is 15.7. The van der Waals surface area contributed by atoms with Gasteiger partial charge in [0.2, 0.25) is 17.7 Å². The van der Waals surface area contributed by atoms with Crippen molar-refractivity contribution in [2.75, 3.05) is 10.6 Å². The SMILES string of the molecule is CC(=O)Nc1ccc(NC(=O)C(C)Sc2nnc(-c3ccc(C)cc3)o2)cc1. The Bertz CT molecular complexity index is 968. The standard InChI is InChI=1S/C20H20N4O3S/c1-12-4-6-15(7-5-12)19-23-24-20(27-19)28-13(2)18(26)22-17-10-8-16(9-11-17)21-14(3)25/h4-11,13H,1-3H3,(H,21,25)(H,22,26). The Morgan fingerprint density at radius 3 is 2.18 bits per heavy atom. The smallest absolute Gasteiger partial charge is 0.277 e. The van der Waals surface area contributed by atoms with Gasteiger partial charge in [-0.05, 0) is 50.2 Å². The number of thioether (sulfide) groups is 1. The first-order valence-electron chi connectivity index (χ1n) is 8.66. The van der Waals surface area contributed by atoms with Crippen molar-refractivity contribution in [2.45, 2.75) is 31.2 Å². The third-order valence-electron chi connectivity index (χ3n) is 3.82. The summed E-state index contributed by atoms with van der Waals surface area (Å²) in [5, 5.41) is 13.5. The fourth-order valence-electron chi connectivity index (χ4n) is 2.36. The third-order valence-corrected chi connectivity index (χ3v) is 4.76. The van der Waals surface area contributed by atoms with Gasteiger partial charge in [0.1, 0.15) is 0 Å². The quantitative estimate of drug-likeness (QED) is 0.608. The summed E-state index contributed by atoms with van der Waals surface area (Å²) in [6.07, 6.45) is 0. The summed E-state index contributed by atoms with van der Waals surface area (Å²) >= 11 is 1.19. The van der Waals surface area contributed by atoms with E-state index in [1.54, 1.807) is 31.2 Å². The molecule has 0 saturated heterocycles. The van der Waals surface area contributed by atoms with Crippen molar-refractivity contribution >= 4 is 35.0 Å². The molecule has 3 rings (SSSR count). The molecule has 2 aromatic carbocycles. The average molecular weight is 396 g/mol.